The van der Waals surface area contributed by atoms with Crippen LogP contribution in [0.3, 0.4) is 0 Å². The Kier molecular flexibility index (Phi) is 3.70. The second kappa shape index (κ2) is 4.92. The first kappa shape index (κ1) is 12.8. The van der Waals surface area contributed by atoms with Crippen molar-refractivity contribution >= 4 is 5.91 Å². The van der Waals surface area contributed by atoms with Gasteiger partial charge < -0.3 is 9.64 Å². The Bertz CT molecular complexity index is 289. The summed E-state index contributed by atoms with van der Waals surface area (Å²) in [6.07, 6.45) is 4.15. The standard InChI is InChI=1S/C12H22N2O3/c1-13-8-10(11(15)14(2)16-3)17-12(9-13)6-4-5-7-12/h10H,4-9H2,1-3H3/t10-/m0/s1. The predicted octanol–water partition coefficient (Wildman–Crippen LogP) is 0.650. The Labute approximate surface area is 103 Å². The lowest BCUT2D eigenvalue weighted by atomic mass is 9.98. The number of ether oxygens (including phenoxy) is 1. The van der Waals surface area contributed by atoms with E-state index in [0.29, 0.717) is 6.54 Å². The number of likely N-dealkylation sites (N-methyl/N-ethyl adjacent to an activating group) is 2. The normalized spacial score (nSPS) is 28.5. The number of morpholine rings is 1. The van der Waals surface area contributed by atoms with Crippen molar-refractivity contribution in [1.29, 1.82) is 0 Å². The Balaban J connectivity index is 2.06. The van der Waals surface area contributed by atoms with Crippen LogP contribution in [0.1, 0.15) is 25.7 Å². The summed E-state index contributed by atoms with van der Waals surface area (Å²) in [5, 5.41) is 1.26. The SMILES string of the molecule is CON(C)C(=O)[C@@H]1CN(C)CC2(CCCC2)O1. The number of hydrogen-bond donors (Lipinski definition) is 0. The predicted molar refractivity (Wildman–Crippen MR) is 63.3 cm³/mol. The molecule has 5 nitrogen and oxygen atoms in total. The van der Waals surface area contributed by atoms with E-state index in [1.54, 1.807) is 7.05 Å². The molecule has 0 unspecified atom stereocenters. The fourth-order valence-corrected chi connectivity index (χ4v) is 2.93. The van der Waals surface area contributed by atoms with E-state index in [1.165, 1.54) is 25.0 Å². The van der Waals surface area contributed by atoms with Crippen LogP contribution < -0.4 is 0 Å². The minimum Gasteiger partial charge on any atom is -0.359 e. The smallest absolute Gasteiger partial charge is 0.276 e. The zero-order valence-electron chi connectivity index (χ0n) is 10.9. The van der Waals surface area contributed by atoms with Gasteiger partial charge in [0.1, 0.15) is 0 Å². The second-order valence-electron chi connectivity index (χ2n) is 5.21. The van der Waals surface area contributed by atoms with Gasteiger partial charge >= 0.3 is 0 Å². The summed E-state index contributed by atoms with van der Waals surface area (Å²) >= 11 is 0. The maximum Gasteiger partial charge on any atom is 0.276 e. The fraction of sp³-hybridized carbons (Fsp3) is 0.917. The summed E-state index contributed by atoms with van der Waals surface area (Å²) in [4.78, 5) is 19.2. The van der Waals surface area contributed by atoms with Gasteiger partial charge in [-0.15, -0.1) is 0 Å². The maximum absolute atomic E-state index is 12.1. The lowest BCUT2D eigenvalue weighted by Gasteiger charge is -2.43. The van der Waals surface area contributed by atoms with Crippen molar-refractivity contribution < 1.29 is 14.4 Å². The molecule has 0 aromatic rings. The number of hydrogen-bond acceptors (Lipinski definition) is 4. The van der Waals surface area contributed by atoms with Gasteiger partial charge in [-0.25, -0.2) is 5.06 Å². The average Bonchev–Trinajstić information content (AvgIpc) is 2.73. The van der Waals surface area contributed by atoms with E-state index in [-0.39, 0.29) is 11.5 Å². The second-order valence-corrected chi connectivity index (χ2v) is 5.21. The van der Waals surface area contributed by atoms with Crippen molar-refractivity contribution in [2.24, 2.45) is 0 Å². The highest BCUT2D eigenvalue weighted by atomic mass is 16.7. The first-order valence-electron chi connectivity index (χ1n) is 6.24. The Morgan fingerprint density at radius 1 is 1.47 bits per heavy atom. The zero-order valence-corrected chi connectivity index (χ0v) is 10.9. The molecular formula is C12H22N2O3. The van der Waals surface area contributed by atoms with Gasteiger partial charge in [-0.05, 0) is 19.9 Å². The molecule has 17 heavy (non-hydrogen) atoms. The third-order valence-electron chi connectivity index (χ3n) is 3.80. The molecule has 0 N–H and O–H groups in total. The van der Waals surface area contributed by atoms with Crippen molar-refractivity contribution in [3.8, 4) is 0 Å². The molecule has 1 amide bonds. The highest BCUT2D eigenvalue weighted by molar-refractivity contribution is 5.80. The van der Waals surface area contributed by atoms with Crippen LogP contribution in [0.5, 0.6) is 0 Å². The summed E-state index contributed by atoms with van der Waals surface area (Å²) in [5.74, 6) is -0.0923. The maximum atomic E-state index is 12.1. The summed E-state index contributed by atoms with van der Waals surface area (Å²) < 4.78 is 6.08. The van der Waals surface area contributed by atoms with Gasteiger partial charge in [0.05, 0.1) is 12.7 Å². The lowest BCUT2D eigenvalue weighted by molar-refractivity contribution is -0.203. The molecule has 0 aromatic carbocycles. The van der Waals surface area contributed by atoms with Gasteiger partial charge in [0.15, 0.2) is 6.10 Å². The molecule has 1 aliphatic heterocycles. The number of carbonyl (C=O) groups excluding carboxylic acids is 1. The number of rotatable bonds is 2. The quantitative estimate of drug-likeness (QED) is 0.667. The van der Waals surface area contributed by atoms with Crippen molar-refractivity contribution in [2.45, 2.75) is 37.4 Å². The molecule has 1 heterocycles. The van der Waals surface area contributed by atoms with Crippen molar-refractivity contribution in [2.75, 3.05) is 34.3 Å². The fourth-order valence-electron chi connectivity index (χ4n) is 2.93. The molecule has 2 fully saturated rings. The van der Waals surface area contributed by atoms with Crippen LogP contribution in [0.2, 0.25) is 0 Å². The Morgan fingerprint density at radius 2 is 2.12 bits per heavy atom. The Hall–Kier alpha value is -0.650. The van der Waals surface area contributed by atoms with Crippen LogP contribution in [0, 0.1) is 0 Å². The first-order valence-corrected chi connectivity index (χ1v) is 6.24. The van der Waals surface area contributed by atoms with E-state index in [0.717, 1.165) is 19.4 Å². The summed E-state index contributed by atoms with van der Waals surface area (Å²) in [6, 6.07) is 0. The summed E-state index contributed by atoms with van der Waals surface area (Å²) in [6.45, 7) is 1.59. The minimum absolute atomic E-state index is 0.0923. The Morgan fingerprint density at radius 3 is 2.71 bits per heavy atom. The first-order chi connectivity index (χ1) is 8.06. The molecule has 0 radical (unpaired) electrons. The third kappa shape index (κ3) is 2.61. The minimum atomic E-state index is -0.392. The van der Waals surface area contributed by atoms with Crippen LogP contribution in [-0.4, -0.2) is 61.9 Å². The van der Waals surface area contributed by atoms with Crippen molar-refractivity contribution in [3.05, 3.63) is 0 Å². The van der Waals surface area contributed by atoms with Crippen LogP contribution >= 0.6 is 0 Å². The van der Waals surface area contributed by atoms with E-state index < -0.39 is 6.10 Å². The highest BCUT2D eigenvalue weighted by Gasteiger charge is 2.44. The third-order valence-corrected chi connectivity index (χ3v) is 3.80. The van der Waals surface area contributed by atoms with Crippen molar-refractivity contribution in [1.82, 2.24) is 9.96 Å². The van der Waals surface area contributed by atoms with Gasteiger partial charge in [-0.1, -0.05) is 12.8 Å². The largest absolute Gasteiger partial charge is 0.359 e. The van der Waals surface area contributed by atoms with Gasteiger partial charge in [0, 0.05) is 20.1 Å². The average molecular weight is 242 g/mol. The van der Waals surface area contributed by atoms with Crippen molar-refractivity contribution in [3.63, 3.8) is 0 Å². The molecule has 1 saturated heterocycles. The molecule has 0 aromatic heterocycles. The number of nitrogens with zero attached hydrogens (tertiary/aromatic N) is 2. The van der Waals surface area contributed by atoms with Gasteiger partial charge in [-0.3, -0.25) is 9.63 Å². The number of carbonyl (C=O) groups is 1. The zero-order chi connectivity index (χ0) is 12.5. The number of hydroxylamine groups is 2. The highest BCUT2D eigenvalue weighted by Crippen LogP contribution is 2.37. The van der Waals surface area contributed by atoms with E-state index in [2.05, 4.69) is 11.9 Å². The molecule has 1 atom stereocenters. The van der Waals surface area contributed by atoms with Gasteiger partial charge in [0.25, 0.3) is 5.91 Å². The summed E-state index contributed by atoms with van der Waals surface area (Å²) in [5.41, 5.74) is -0.0953. The molecule has 2 rings (SSSR count). The van der Waals surface area contributed by atoms with E-state index in [1.807, 2.05) is 0 Å². The number of amides is 1. The topological polar surface area (TPSA) is 42.0 Å². The molecule has 2 aliphatic rings. The lowest BCUT2D eigenvalue weighted by Crippen LogP contribution is -2.57. The molecule has 0 bridgehead atoms. The molecule has 1 saturated carbocycles. The molecule has 1 spiro atoms. The molecule has 98 valence electrons. The molecular weight excluding hydrogens is 220 g/mol. The summed E-state index contributed by atoms with van der Waals surface area (Å²) in [7, 11) is 5.17. The monoisotopic (exact) mass is 242 g/mol. The van der Waals surface area contributed by atoms with E-state index >= 15 is 0 Å². The van der Waals surface area contributed by atoms with Crippen LogP contribution in [0.15, 0.2) is 0 Å². The van der Waals surface area contributed by atoms with Gasteiger partial charge in [-0.2, -0.15) is 0 Å². The van der Waals surface area contributed by atoms with E-state index in [4.69, 9.17) is 9.57 Å². The van der Waals surface area contributed by atoms with Crippen LogP contribution in [0.4, 0.5) is 0 Å². The van der Waals surface area contributed by atoms with Gasteiger partial charge in [0.2, 0.25) is 0 Å². The molecule has 1 aliphatic carbocycles. The van der Waals surface area contributed by atoms with E-state index in [9.17, 15) is 4.79 Å². The molecule has 5 heteroatoms. The van der Waals surface area contributed by atoms with Crippen LogP contribution in [-0.2, 0) is 14.4 Å². The van der Waals surface area contributed by atoms with Crippen LogP contribution in [0.25, 0.3) is 0 Å².